The molecule has 6 heteroatoms. The van der Waals surface area contributed by atoms with Crippen LogP contribution >= 0.6 is 25.3 Å². The van der Waals surface area contributed by atoms with Gasteiger partial charge in [-0.3, -0.25) is 4.79 Å². The molecule has 1 aromatic carbocycles. The predicted octanol–water partition coefficient (Wildman–Crippen LogP) is 5.63. The van der Waals surface area contributed by atoms with Crippen molar-refractivity contribution in [2.24, 2.45) is 0 Å². The molecule has 1 aliphatic heterocycles. The molecule has 1 atom stereocenters. The van der Waals surface area contributed by atoms with E-state index in [4.69, 9.17) is 4.43 Å². The van der Waals surface area contributed by atoms with Crippen LogP contribution in [0, 0.1) is 0 Å². The van der Waals surface area contributed by atoms with Crippen LogP contribution in [0.15, 0.2) is 29.2 Å². The van der Waals surface area contributed by atoms with Crippen LogP contribution in [-0.4, -0.2) is 26.9 Å². The minimum atomic E-state index is -1.89. The second-order valence-corrected chi connectivity index (χ2v) is 14.3. The fourth-order valence-electron chi connectivity index (χ4n) is 2.86. The molecule has 0 saturated carbocycles. The number of carbonyl (C=O) groups excluding carboxylic acids is 1. The van der Waals surface area contributed by atoms with Crippen molar-refractivity contribution in [1.29, 1.82) is 0 Å². The summed E-state index contributed by atoms with van der Waals surface area (Å²) in [5.74, 6) is 1.14. The number of nitrogens with one attached hydrogen (secondary N) is 1. The van der Waals surface area contributed by atoms with Crippen molar-refractivity contribution in [3.63, 3.8) is 0 Å². The summed E-state index contributed by atoms with van der Waals surface area (Å²) in [7, 11) is -1.89. The highest BCUT2D eigenvalue weighted by molar-refractivity contribution is 7.98. The lowest BCUT2D eigenvalue weighted by Gasteiger charge is -2.37. The summed E-state index contributed by atoms with van der Waals surface area (Å²) in [6.45, 7) is 17.8. The van der Waals surface area contributed by atoms with Crippen molar-refractivity contribution >= 4 is 39.4 Å². The van der Waals surface area contributed by atoms with E-state index in [9.17, 15) is 4.79 Å². The van der Waals surface area contributed by atoms with Crippen molar-refractivity contribution < 1.29 is 9.22 Å². The Labute approximate surface area is 177 Å². The van der Waals surface area contributed by atoms with E-state index < -0.39 is 8.32 Å². The van der Waals surface area contributed by atoms with Crippen LogP contribution in [0.3, 0.4) is 0 Å². The van der Waals surface area contributed by atoms with Gasteiger partial charge in [0.1, 0.15) is 5.75 Å². The number of allylic oxidation sites excluding steroid dienone is 1. The van der Waals surface area contributed by atoms with Gasteiger partial charge in [0.15, 0.2) is 5.78 Å². The average molecular weight is 426 g/mol. The van der Waals surface area contributed by atoms with Gasteiger partial charge in [0, 0.05) is 17.4 Å². The molecule has 1 aliphatic rings. The molecular formula is C21H35NO2S2Si. The lowest BCUT2D eigenvalue weighted by molar-refractivity contribution is -0.116. The third kappa shape index (κ3) is 5.65. The molecule has 152 valence electrons. The quantitative estimate of drug-likeness (QED) is 0.364. The first-order valence-electron chi connectivity index (χ1n) is 9.28. The van der Waals surface area contributed by atoms with Crippen LogP contribution < -0.4 is 9.74 Å². The van der Waals surface area contributed by atoms with E-state index in [0.29, 0.717) is 12.0 Å². The van der Waals surface area contributed by atoms with Gasteiger partial charge in [0.25, 0.3) is 8.32 Å². The van der Waals surface area contributed by atoms with Crippen LogP contribution in [0.2, 0.25) is 18.1 Å². The molecule has 0 fully saturated rings. The second-order valence-electron chi connectivity index (χ2n) is 8.73. The molecule has 1 aromatic rings. The highest BCUT2D eigenvalue weighted by Gasteiger charge is 2.39. The zero-order chi connectivity index (χ0) is 19.7. The highest BCUT2D eigenvalue weighted by Crippen LogP contribution is 2.42. The molecule has 27 heavy (non-hydrogen) atoms. The number of ketones is 1. The first-order valence-corrected chi connectivity index (χ1v) is 13.4. The number of carbonyl (C=O) groups is 1. The molecular weight excluding hydrogens is 390 g/mol. The van der Waals surface area contributed by atoms with Gasteiger partial charge in [-0.2, -0.15) is 13.5 Å². The summed E-state index contributed by atoms with van der Waals surface area (Å²) >= 11 is 1.71. The Bertz CT molecular complexity index is 711. The van der Waals surface area contributed by atoms with E-state index in [1.807, 2.05) is 0 Å². The average Bonchev–Trinajstić information content (AvgIpc) is 2.52. The Hall–Kier alpha value is -0.693. The Morgan fingerprint density at radius 1 is 1.37 bits per heavy atom. The third-order valence-corrected chi connectivity index (χ3v) is 10.7. The Kier molecular flexibility index (Phi) is 8.30. The number of hydrogen-bond acceptors (Lipinski definition) is 4. The van der Waals surface area contributed by atoms with Gasteiger partial charge < -0.3 is 9.74 Å². The summed E-state index contributed by atoms with van der Waals surface area (Å²) in [6, 6.07) is 4.52. The predicted molar refractivity (Wildman–Crippen MR) is 125 cm³/mol. The summed E-state index contributed by atoms with van der Waals surface area (Å²) in [5, 5.41) is 3.66. The molecule has 0 aliphatic carbocycles. The first-order chi connectivity index (χ1) is 12.0. The minimum Gasteiger partial charge on any atom is -0.543 e. The van der Waals surface area contributed by atoms with Crippen molar-refractivity contribution in [1.82, 2.24) is 5.32 Å². The van der Waals surface area contributed by atoms with Crippen LogP contribution in [0.1, 0.15) is 51.3 Å². The number of fused-ring (bicyclic) bond motifs is 1. The molecule has 0 amide bonds. The van der Waals surface area contributed by atoms with Crippen molar-refractivity contribution in [3.8, 4) is 5.75 Å². The molecule has 0 unspecified atom stereocenters. The standard InChI is InChI=1S/C21H33NO2SSi.H2S/c1-14(2)18(23)13-17-16-12-20(25-6)19(11-15(16)9-10-22-17)24-26(7,8)21(3,4)5;/h11-12,17,22H,1,9-10,13H2,2-8H3;1H2/t17-;/m0./s1. The number of Topliss-reactive ketones (excluding diaryl/α,β-unsaturated/α-hetero) is 1. The monoisotopic (exact) mass is 425 g/mol. The van der Waals surface area contributed by atoms with E-state index >= 15 is 0 Å². The van der Waals surface area contributed by atoms with E-state index in [2.05, 4.69) is 64.1 Å². The fraction of sp³-hybridized carbons (Fsp3) is 0.571. The molecule has 2 rings (SSSR count). The van der Waals surface area contributed by atoms with Crippen LogP contribution in [-0.2, 0) is 11.2 Å². The lowest BCUT2D eigenvalue weighted by atomic mass is 9.90. The zero-order valence-electron chi connectivity index (χ0n) is 17.8. The topological polar surface area (TPSA) is 38.3 Å². The maximum absolute atomic E-state index is 12.2. The van der Waals surface area contributed by atoms with Gasteiger partial charge in [-0.15, -0.1) is 11.8 Å². The zero-order valence-corrected chi connectivity index (χ0v) is 20.6. The number of benzene rings is 1. The number of hydrogen-bond donors (Lipinski definition) is 1. The smallest absolute Gasteiger partial charge is 0.250 e. The Morgan fingerprint density at radius 3 is 2.52 bits per heavy atom. The molecule has 0 spiro atoms. The molecule has 0 bridgehead atoms. The van der Waals surface area contributed by atoms with Crippen molar-refractivity contribution in [3.05, 3.63) is 35.4 Å². The Balaban J connectivity index is 0.00000364. The first kappa shape index (κ1) is 24.3. The summed E-state index contributed by atoms with van der Waals surface area (Å²) in [5.41, 5.74) is 3.16. The highest BCUT2D eigenvalue weighted by atomic mass is 32.2. The van der Waals surface area contributed by atoms with E-state index in [1.165, 1.54) is 11.1 Å². The maximum Gasteiger partial charge on any atom is 0.250 e. The van der Waals surface area contributed by atoms with Gasteiger partial charge in [0.2, 0.25) is 0 Å². The van der Waals surface area contributed by atoms with E-state index in [0.717, 1.165) is 23.6 Å². The van der Waals surface area contributed by atoms with Gasteiger partial charge >= 0.3 is 0 Å². The third-order valence-electron chi connectivity index (χ3n) is 5.62. The maximum atomic E-state index is 12.2. The number of thioether (sulfide) groups is 1. The second kappa shape index (κ2) is 9.20. The molecule has 0 aromatic heterocycles. The largest absolute Gasteiger partial charge is 0.543 e. The van der Waals surface area contributed by atoms with Crippen molar-refractivity contribution in [2.45, 2.75) is 69.6 Å². The normalized spacial score (nSPS) is 16.9. The summed E-state index contributed by atoms with van der Waals surface area (Å²) in [4.78, 5) is 13.3. The van der Waals surface area contributed by atoms with Gasteiger partial charge in [-0.05, 0) is 73.1 Å². The Morgan fingerprint density at radius 2 is 2.00 bits per heavy atom. The van der Waals surface area contributed by atoms with Gasteiger partial charge in [-0.1, -0.05) is 27.4 Å². The molecule has 3 nitrogen and oxygen atoms in total. The SMILES string of the molecule is C=C(C)C(=O)C[C@@H]1NCCc2cc(O[Si](C)(C)C(C)(C)C)c(SC)cc21.S. The number of rotatable bonds is 6. The molecule has 0 radical (unpaired) electrons. The van der Waals surface area contributed by atoms with Crippen LogP contribution in [0.4, 0.5) is 0 Å². The van der Waals surface area contributed by atoms with Gasteiger partial charge in [-0.25, -0.2) is 0 Å². The van der Waals surface area contributed by atoms with Crippen LogP contribution in [0.25, 0.3) is 0 Å². The van der Waals surface area contributed by atoms with Crippen LogP contribution in [0.5, 0.6) is 5.75 Å². The molecule has 0 saturated heterocycles. The molecule has 1 heterocycles. The van der Waals surface area contributed by atoms with Gasteiger partial charge in [0.05, 0.1) is 0 Å². The fourth-order valence-corrected chi connectivity index (χ4v) is 4.50. The van der Waals surface area contributed by atoms with E-state index in [-0.39, 0.29) is 30.4 Å². The summed E-state index contributed by atoms with van der Waals surface area (Å²) in [6.07, 6.45) is 3.53. The molecule has 1 N–H and O–H groups in total. The lowest BCUT2D eigenvalue weighted by Crippen LogP contribution is -2.44. The van der Waals surface area contributed by atoms with E-state index in [1.54, 1.807) is 18.7 Å². The minimum absolute atomic E-state index is 0. The van der Waals surface area contributed by atoms with Crippen molar-refractivity contribution in [2.75, 3.05) is 12.8 Å². The summed E-state index contributed by atoms with van der Waals surface area (Å²) < 4.78 is 6.63.